The fraction of sp³-hybridized carbons (Fsp3) is 0.211. The van der Waals surface area contributed by atoms with Crippen molar-refractivity contribution in [2.45, 2.75) is 13.0 Å². The summed E-state index contributed by atoms with van der Waals surface area (Å²) in [5.41, 5.74) is 1.62. The smallest absolute Gasteiger partial charge is 0.159 e. The molecule has 24 heavy (non-hydrogen) atoms. The Kier molecular flexibility index (Phi) is 4.82. The van der Waals surface area contributed by atoms with E-state index in [4.69, 9.17) is 9.47 Å². The number of ketones is 1. The molecule has 2 N–H and O–H groups in total. The lowest BCUT2D eigenvalue weighted by atomic mass is 10.1. The SMILES string of the molecule is CC(=O)c1ccc(OCC(O)COc2cccc3[nH]ccc23)cc1. The quantitative estimate of drug-likeness (QED) is 0.655. The minimum Gasteiger partial charge on any atom is -0.491 e. The second-order valence-electron chi connectivity index (χ2n) is 5.55. The number of Topliss-reactive ketones (excluding diaryl/α,β-unsaturated/α-hetero) is 1. The Labute approximate surface area is 139 Å². The molecule has 1 unspecified atom stereocenters. The van der Waals surface area contributed by atoms with Crippen molar-refractivity contribution in [3.8, 4) is 11.5 Å². The maximum absolute atomic E-state index is 11.2. The first-order chi connectivity index (χ1) is 11.6. The molecule has 0 spiro atoms. The van der Waals surface area contributed by atoms with Gasteiger partial charge in [-0.1, -0.05) is 6.07 Å². The number of carbonyl (C=O) groups excluding carboxylic acids is 1. The van der Waals surface area contributed by atoms with E-state index in [-0.39, 0.29) is 19.0 Å². The molecule has 0 bridgehead atoms. The second-order valence-corrected chi connectivity index (χ2v) is 5.55. The zero-order valence-corrected chi connectivity index (χ0v) is 13.4. The van der Waals surface area contributed by atoms with Crippen LogP contribution in [0.25, 0.3) is 10.9 Å². The predicted octanol–water partition coefficient (Wildman–Crippen LogP) is 3.19. The van der Waals surface area contributed by atoms with Crippen molar-refractivity contribution in [2.24, 2.45) is 0 Å². The number of benzene rings is 2. The maximum atomic E-state index is 11.2. The van der Waals surface area contributed by atoms with Gasteiger partial charge in [-0.2, -0.15) is 0 Å². The Morgan fingerprint density at radius 1 is 1.08 bits per heavy atom. The van der Waals surface area contributed by atoms with Gasteiger partial charge in [-0.05, 0) is 49.4 Å². The predicted molar refractivity (Wildman–Crippen MR) is 91.7 cm³/mol. The van der Waals surface area contributed by atoms with Crippen molar-refractivity contribution < 1.29 is 19.4 Å². The molecule has 0 aliphatic rings. The van der Waals surface area contributed by atoms with Crippen LogP contribution in [0.5, 0.6) is 11.5 Å². The lowest BCUT2D eigenvalue weighted by molar-refractivity contribution is 0.0632. The first kappa shape index (κ1) is 16.1. The summed E-state index contributed by atoms with van der Waals surface area (Å²) in [6.45, 7) is 1.76. The first-order valence-electron chi connectivity index (χ1n) is 7.74. The molecule has 5 heteroatoms. The van der Waals surface area contributed by atoms with E-state index in [1.54, 1.807) is 24.3 Å². The molecule has 5 nitrogen and oxygen atoms in total. The number of carbonyl (C=O) groups is 1. The maximum Gasteiger partial charge on any atom is 0.159 e. The normalized spacial score (nSPS) is 12.1. The molecule has 1 aromatic heterocycles. The highest BCUT2D eigenvalue weighted by atomic mass is 16.5. The van der Waals surface area contributed by atoms with Gasteiger partial charge in [-0.15, -0.1) is 0 Å². The summed E-state index contributed by atoms with van der Waals surface area (Å²) in [7, 11) is 0. The van der Waals surface area contributed by atoms with E-state index in [2.05, 4.69) is 4.98 Å². The van der Waals surface area contributed by atoms with E-state index >= 15 is 0 Å². The molecule has 0 radical (unpaired) electrons. The molecule has 0 saturated carbocycles. The van der Waals surface area contributed by atoms with Crippen LogP contribution in [0.4, 0.5) is 0 Å². The van der Waals surface area contributed by atoms with Gasteiger partial charge in [0.2, 0.25) is 0 Å². The molecule has 2 aromatic carbocycles. The number of fused-ring (bicyclic) bond motifs is 1. The second kappa shape index (κ2) is 7.19. The van der Waals surface area contributed by atoms with Crippen LogP contribution in [-0.2, 0) is 0 Å². The molecular formula is C19H19NO4. The van der Waals surface area contributed by atoms with Crippen LogP contribution in [0, 0.1) is 0 Å². The van der Waals surface area contributed by atoms with Gasteiger partial charge in [0.05, 0.1) is 0 Å². The zero-order chi connectivity index (χ0) is 16.9. The molecule has 124 valence electrons. The molecule has 3 aromatic rings. The van der Waals surface area contributed by atoms with E-state index < -0.39 is 6.10 Å². The number of hydrogen-bond acceptors (Lipinski definition) is 4. The van der Waals surface area contributed by atoms with Crippen LogP contribution in [0.2, 0.25) is 0 Å². The summed E-state index contributed by atoms with van der Waals surface area (Å²) in [6, 6.07) is 14.5. The van der Waals surface area contributed by atoms with Crippen LogP contribution in [0.1, 0.15) is 17.3 Å². The summed E-state index contributed by atoms with van der Waals surface area (Å²) in [6.07, 6.45) is 1.09. The number of aliphatic hydroxyl groups excluding tert-OH is 1. The highest BCUT2D eigenvalue weighted by Crippen LogP contribution is 2.24. The molecule has 0 aliphatic heterocycles. The third-order valence-electron chi connectivity index (χ3n) is 3.69. The number of aliphatic hydroxyl groups is 1. The summed E-state index contributed by atoms with van der Waals surface area (Å²) in [5.74, 6) is 1.33. The molecule has 0 amide bonds. The van der Waals surface area contributed by atoms with E-state index in [1.165, 1.54) is 6.92 Å². The minimum atomic E-state index is -0.758. The van der Waals surface area contributed by atoms with Gasteiger partial charge in [0.25, 0.3) is 0 Å². The summed E-state index contributed by atoms with van der Waals surface area (Å²) in [4.78, 5) is 14.3. The number of ether oxygens (including phenoxy) is 2. The average molecular weight is 325 g/mol. The van der Waals surface area contributed by atoms with Gasteiger partial charge in [0.15, 0.2) is 5.78 Å². The number of aromatic nitrogens is 1. The highest BCUT2D eigenvalue weighted by molar-refractivity contribution is 5.94. The number of aromatic amines is 1. The fourth-order valence-corrected chi connectivity index (χ4v) is 2.39. The number of hydrogen-bond donors (Lipinski definition) is 2. The third kappa shape index (κ3) is 3.75. The van der Waals surface area contributed by atoms with Gasteiger partial charge in [-0.3, -0.25) is 4.79 Å². The molecule has 1 atom stereocenters. The van der Waals surface area contributed by atoms with Crippen molar-refractivity contribution in [2.75, 3.05) is 13.2 Å². The lowest BCUT2D eigenvalue weighted by Gasteiger charge is -2.14. The zero-order valence-electron chi connectivity index (χ0n) is 13.4. The van der Waals surface area contributed by atoms with Crippen molar-refractivity contribution >= 4 is 16.7 Å². The van der Waals surface area contributed by atoms with Crippen molar-refractivity contribution in [3.63, 3.8) is 0 Å². The van der Waals surface area contributed by atoms with Crippen molar-refractivity contribution in [1.29, 1.82) is 0 Å². The minimum absolute atomic E-state index is 0.00826. The molecule has 0 saturated heterocycles. The van der Waals surface area contributed by atoms with Crippen LogP contribution < -0.4 is 9.47 Å². The average Bonchev–Trinajstić information content (AvgIpc) is 3.07. The number of H-pyrrole nitrogens is 1. The van der Waals surface area contributed by atoms with Gasteiger partial charge >= 0.3 is 0 Å². The molecular weight excluding hydrogens is 306 g/mol. The number of nitrogens with one attached hydrogen (secondary N) is 1. The van der Waals surface area contributed by atoms with Crippen molar-refractivity contribution in [3.05, 3.63) is 60.3 Å². The highest BCUT2D eigenvalue weighted by Gasteiger charge is 2.09. The van der Waals surface area contributed by atoms with Crippen LogP contribution >= 0.6 is 0 Å². The Bertz CT molecular complexity index is 823. The van der Waals surface area contributed by atoms with Crippen molar-refractivity contribution in [1.82, 2.24) is 4.98 Å². The summed E-state index contributed by atoms with van der Waals surface area (Å²) in [5, 5.41) is 11.0. The fourth-order valence-electron chi connectivity index (χ4n) is 2.39. The van der Waals surface area contributed by atoms with Gasteiger partial charge in [-0.25, -0.2) is 0 Å². The Hall–Kier alpha value is -2.79. The van der Waals surface area contributed by atoms with Crippen LogP contribution in [0.15, 0.2) is 54.7 Å². The molecule has 0 fully saturated rings. The standard InChI is InChI=1S/C19H19NO4/c1-13(21)14-5-7-16(8-6-14)23-11-15(22)12-24-19-4-2-3-18-17(19)9-10-20-18/h2-10,15,20,22H,11-12H2,1H3. The van der Waals surface area contributed by atoms with Crippen LogP contribution in [-0.4, -0.2) is 35.2 Å². The molecule has 1 heterocycles. The van der Waals surface area contributed by atoms with Gasteiger partial charge in [0, 0.05) is 22.7 Å². The Balaban J connectivity index is 1.51. The van der Waals surface area contributed by atoms with E-state index in [0.29, 0.717) is 11.3 Å². The monoisotopic (exact) mass is 325 g/mol. The van der Waals surface area contributed by atoms with E-state index in [0.717, 1.165) is 16.7 Å². The summed E-state index contributed by atoms with van der Waals surface area (Å²) >= 11 is 0. The summed E-state index contributed by atoms with van der Waals surface area (Å²) < 4.78 is 11.2. The topological polar surface area (TPSA) is 71.6 Å². The lowest BCUT2D eigenvalue weighted by Crippen LogP contribution is -2.25. The van der Waals surface area contributed by atoms with Crippen LogP contribution in [0.3, 0.4) is 0 Å². The molecule has 0 aliphatic carbocycles. The largest absolute Gasteiger partial charge is 0.491 e. The Morgan fingerprint density at radius 3 is 2.58 bits per heavy atom. The van der Waals surface area contributed by atoms with E-state index in [9.17, 15) is 9.90 Å². The molecule has 3 rings (SSSR count). The first-order valence-corrected chi connectivity index (χ1v) is 7.74. The third-order valence-corrected chi connectivity index (χ3v) is 3.69. The van der Waals surface area contributed by atoms with Gasteiger partial charge in [0.1, 0.15) is 30.8 Å². The van der Waals surface area contributed by atoms with Gasteiger partial charge < -0.3 is 19.6 Å². The van der Waals surface area contributed by atoms with E-state index in [1.807, 2.05) is 30.5 Å². The number of rotatable bonds is 7. The Morgan fingerprint density at radius 2 is 1.83 bits per heavy atom.